The van der Waals surface area contributed by atoms with Crippen molar-refractivity contribution in [3.63, 3.8) is 0 Å². The number of methoxy groups -OCH3 is 1. The molecule has 2 saturated heterocycles. The quantitative estimate of drug-likeness (QED) is 0.827. The van der Waals surface area contributed by atoms with Crippen LogP contribution in [-0.2, 0) is 11.3 Å². The second-order valence-corrected chi connectivity index (χ2v) is 8.43. The molecule has 0 aromatic carbocycles. The van der Waals surface area contributed by atoms with E-state index in [1.807, 2.05) is 18.4 Å². The second-order valence-electron chi connectivity index (χ2n) is 7.39. The zero-order chi connectivity index (χ0) is 15.6. The molecule has 0 unspecified atom stereocenters. The van der Waals surface area contributed by atoms with Crippen LogP contribution in [0.15, 0.2) is 17.5 Å². The number of rotatable bonds is 5. The normalized spacial score (nSPS) is 26.3. The van der Waals surface area contributed by atoms with Crippen LogP contribution in [0.2, 0.25) is 0 Å². The molecule has 1 spiro atoms. The topological polar surface area (TPSA) is 15.7 Å². The molecule has 2 aliphatic heterocycles. The van der Waals surface area contributed by atoms with Gasteiger partial charge < -0.3 is 9.64 Å². The molecule has 2 aliphatic rings. The van der Waals surface area contributed by atoms with Gasteiger partial charge in [-0.05, 0) is 56.6 Å². The Morgan fingerprint density at radius 3 is 2.73 bits per heavy atom. The average Bonchev–Trinajstić information content (AvgIpc) is 3.10. The lowest BCUT2D eigenvalue weighted by atomic mass is 9.71. The first kappa shape index (κ1) is 16.4. The van der Waals surface area contributed by atoms with Gasteiger partial charge in [-0.3, -0.25) is 4.90 Å². The molecule has 3 rings (SSSR count). The molecule has 4 heteroatoms. The van der Waals surface area contributed by atoms with Crippen LogP contribution in [-0.4, -0.2) is 55.7 Å². The Morgan fingerprint density at radius 1 is 1.36 bits per heavy atom. The first-order valence-electron chi connectivity index (χ1n) is 8.61. The monoisotopic (exact) mass is 322 g/mol. The molecular formula is C18H30N2OS. The van der Waals surface area contributed by atoms with Crippen LogP contribution in [0.5, 0.6) is 0 Å². The maximum absolute atomic E-state index is 5.57. The third kappa shape index (κ3) is 3.40. The van der Waals surface area contributed by atoms with Crippen molar-refractivity contribution in [3.8, 4) is 0 Å². The Balaban J connectivity index is 1.66. The summed E-state index contributed by atoms with van der Waals surface area (Å²) in [6.45, 7) is 11.6. The van der Waals surface area contributed by atoms with Gasteiger partial charge in [-0.1, -0.05) is 6.07 Å². The maximum atomic E-state index is 5.57. The van der Waals surface area contributed by atoms with E-state index in [4.69, 9.17) is 4.74 Å². The van der Waals surface area contributed by atoms with Gasteiger partial charge >= 0.3 is 0 Å². The second kappa shape index (κ2) is 7.00. The van der Waals surface area contributed by atoms with Crippen molar-refractivity contribution in [1.29, 1.82) is 0 Å². The molecule has 1 aromatic rings. The van der Waals surface area contributed by atoms with Crippen molar-refractivity contribution < 1.29 is 4.74 Å². The predicted octanol–water partition coefficient (Wildman–Crippen LogP) is 3.32. The summed E-state index contributed by atoms with van der Waals surface area (Å²) in [7, 11) is 1.86. The predicted molar refractivity (Wildman–Crippen MR) is 93.3 cm³/mol. The summed E-state index contributed by atoms with van der Waals surface area (Å²) < 4.78 is 5.57. The van der Waals surface area contributed by atoms with Crippen LogP contribution in [0.1, 0.15) is 31.6 Å². The summed E-state index contributed by atoms with van der Waals surface area (Å²) in [5.41, 5.74) is 0.485. The maximum Gasteiger partial charge on any atom is 0.0508 e. The Bertz CT molecular complexity index is 452. The SMILES string of the molecule is COC[C@H]1CN(Cc2cccs2)CC12CCN(C(C)C)CC2. The molecule has 0 radical (unpaired) electrons. The van der Waals surface area contributed by atoms with Crippen molar-refractivity contribution in [3.05, 3.63) is 22.4 Å². The van der Waals surface area contributed by atoms with Gasteiger partial charge in [0.2, 0.25) is 0 Å². The number of nitrogens with zero attached hydrogens (tertiary/aromatic N) is 2. The first-order valence-corrected chi connectivity index (χ1v) is 9.49. The van der Waals surface area contributed by atoms with E-state index in [0.717, 1.165) is 13.2 Å². The van der Waals surface area contributed by atoms with Gasteiger partial charge in [-0.15, -0.1) is 11.3 Å². The lowest BCUT2D eigenvalue weighted by Crippen LogP contribution is -2.47. The minimum atomic E-state index is 0.485. The standard InChI is InChI=1S/C18H30N2OS/c1-15(2)20-8-6-18(7-9-20)14-19(11-16(18)13-21-3)12-17-5-4-10-22-17/h4-5,10,15-16H,6-9,11-14H2,1-3H3/t16-/m1/s1. The summed E-state index contributed by atoms with van der Waals surface area (Å²) in [5.74, 6) is 0.701. The lowest BCUT2D eigenvalue weighted by molar-refractivity contribution is 0.0281. The number of likely N-dealkylation sites (tertiary alicyclic amines) is 2. The third-order valence-electron chi connectivity index (χ3n) is 5.73. The molecule has 0 aliphatic carbocycles. The lowest BCUT2D eigenvalue weighted by Gasteiger charge is -2.44. The van der Waals surface area contributed by atoms with E-state index in [1.54, 1.807) is 0 Å². The van der Waals surface area contributed by atoms with Crippen molar-refractivity contribution >= 4 is 11.3 Å². The molecule has 0 bridgehead atoms. The van der Waals surface area contributed by atoms with Gasteiger partial charge in [0.1, 0.15) is 0 Å². The molecule has 0 N–H and O–H groups in total. The molecule has 3 heterocycles. The summed E-state index contributed by atoms with van der Waals surface area (Å²) in [6.07, 6.45) is 2.67. The van der Waals surface area contributed by atoms with Gasteiger partial charge in [0, 0.05) is 43.6 Å². The summed E-state index contributed by atoms with van der Waals surface area (Å²) in [6, 6.07) is 5.11. The molecule has 2 fully saturated rings. The van der Waals surface area contributed by atoms with Gasteiger partial charge in [-0.2, -0.15) is 0 Å². The van der Waals surface area contributed by atoms with Crippen LogP contribution in [0, 0.1) is 11.3 Å². The number of ether oxygens (including phenoxy) is 1. The molecule has 3 nitrogen and oxygen atoms in total. The number of hydrogen-bond acceptors (Lipinski definition) is 4. The Kier molecular flexibility index (Phi) is 5.23. The van der Waals surface area contributed by atoms with Gasteiger partial charge in [0.05, 0.1) is 6.61 Å². The third-order valence-corrected chi connectivity index (χ3v) is 6.60. The summed E-state index contributed by atoms with van der Waals surface area (Å²) >= 11 is 1.88. The van der Waals surface area contributed by atoms with Crippen LogP contribution >= 0.6 is 11.3 Å². The van der Waals surface area contributed by atoms with E-state index >= 15 is 0 Å². The zero-order valence-electron chi connectivity index (χ0n) is 14.3. The van der Waals surface area contributed by atoms with Gasteiger partial charge in [0.25, 0.3) is 0 Å². The van der Waals surface area contributed by atoms with Crippen molar-refractivity contribution in [1.82, 2.24) is 9.80 Å². The Morgan fingerprint density at radius 2 is 2.14 bits per heavy atom. The zero-order valence-corrected chi connectivity index (χ0v) is 15.1. The average molecular weight is 323 g/mol. The highest BCUT2D eigenvalue weighted by Crippen LogP contribution is 2.45. The van der Waals surface area contributed by atoms with Crippen LogP contribution in [0.25, 0.3) is 0 Å². The van der Waals surface area contributed by atoms with Crippen molar-refractivity contribution in [2.45, 2.75) is 39.3 Å². The highest BCUT2D eigenvalue weighted by atomic mass is 32.1. The van der Waals surface area contributed by atoms with E-state index in [2.05, 4.69) is 41.2 Å². The smallest absolute Gasteiger partial charge is 0.0508 e. The van der Waals surface area contributed by atoms with E-state index in [0.29, 0.717) is 17.4 Å². The molecular weight excluding hydrogens is 292 g/mol. The van der Waals surface area contributed by atoms with E-state index < -0.39 is 0 Å². The van der Waals surface area contributed by atoms with Gasteiger partial charge in [0.15, 0.2) is 0 Å². The molecule has 124 valence electrons. The Hall–Kier alpha value is -0.420. The first-order chi connectivity index (χ1) is 10.6. The van der Waals surface area contributed by atoms with E-state index in [-0.39, 0.29) is 0 Å². The van der Waals surface area contributed by atoms with Crippen LogP contribution < -0.4 is 0 Å². The molecule has 0 saturated carbocycles. The molecule has 1 aromatic heterocycles. The van der Waals surface area contributed by atoms with Crippen molar-refractivity contribution in [2.75, 3.05) is 39.9 Å². The summed E-state index contributed by atoms with van der Waals surface area (Å²) in [5, 5.41) is 2.19. The molecule has 1 atom stereocenters. The van der Waals surface area contributed by atoms with Gasteiger partial charge in [-0.25, -0.2) is 0 Å². The summed E-state index contributed by atoms with van der Waals surface area (Å²) in [4.78, 5) is 6.80. The highest BCUT2D eigenvalue weighted by Gasteiger charge is 2.47. The minimum Gasteiger partial charge on any atom is -0.384 e. The fourth-order valence-electron chi connectivity index (χ4n) is 4.37. The number of hydrogen-bond donors (Lipinski definition) is 0. The Labute approximate surface area is 139 Å². The fraction of sp³-hybridized carbons (Fsp3) is 0.778. The fourth-order valence-corrected chi connectivity index (χ4v) is 5.12. The number of thiophene rings is 1. The van der Waals surface area contributed by atoms with E-state index in [1.165, 1.54) is 43.9 Å². The van der Waals surface area contributed by atoms with Crippen LogP contribution in [0.4, 0.5) is 0 Å². The number of piperidine rings is 1. The highest BCUT2D eigenvalue weighted by molar-refractivity contribution is 7.09. The van der Waals surface area contributed by atoms with Crippen molar-refractivity contribution in [2.24, 2.45) is 11.3 Å². The van der Waals surface area contributed by atoms with Crippen LogP contribution in [0.3, 0.4) is 0 Å². The molecule has 0 amide bonds. The van der Waals surface area contributed by atoms with E-state index in [9.17, 15) is 0 Å². The molecule has 22 heavy (non-hydrogen) atoms. The largest absolute Gasteiger partial charge is 0.384 e. The minimum absolute atomic E-state index is 0.485.